The molecule has 0 bridgehead atoms. The van der Waals surface area contributed by atoms with Crippen LogP contribution in [0.3, 0.4) is 0 Å². The maximum Gasteiger partial charge on any atom is 0.410 e. The Labute approximate surface area is 130 Å². The van der Waals surface area contributed by atoms with Gasteiger partial charge in [-0.3, -0.25) is 0 Å². The largest absolute Gasteiger partial charge is 0.444 e. The molecule has 2 unspecified atom stereocenters. The first-order chi connectivity index (χ1) is 9.50. The van der Waals surface area contributed by atoms with E-state index in [2.05, 4.69) is 26.1 Å². The second kappa shape index (κ2) is 6.99. The van der Waals surface area contributed by atoms with Gasteiger partial charge in [0.1, 0.15) is 5.60 Å². The van der Waals surface area contributed by atoms with E-state index >= 15 is 0 Å². The standard InChI is InChI=1S/C17H34N2O2/c1-13-11-17(5,6)12-14(13)18-9-8-10-19(7)15(20)21-16(2,3)4/h13-14,18H,8-12H2,1-7H3. The Balaban J connectivity index is 2.21. The van der Waals surface area contributed by atoms with Gasteiger partial charge in [-0.1, -0.05) is 20.8 Å². The van der Waals surface area contributed by atoms with Crippen LogP contribution in [0.4, 0.5) is 4.79 Å². The number of carbonyl (C=O) groups is 1. The van der Waals surface area contributed by atoms with Gasteiger partial charge in [0.25, 0.3) is 0 Å². The molecule has 0 radical (unpaired) electrons. The van der Waals surface area contributed by atoms with Crippen LogP contribution in [-0.4, -0.2) is 42.8 Å². The minimum Gasteiger partial charge on any atom is -0.444 e. The third-order valence-corrected chi connectivity index (χ3v) is 4.12. The van der Waals surface area contributed by atoms with Gasteiger partial charge in [-0.2, -0.15) is 0 Å². The third kappa shape index (κ3) is 6.68. The van der Waals surface area contributed by atoms with E-state index in [0.717, 1.165) is 25.4 Å². The molecule has 0 saturated heterocycles. The van der Waals surface area contributed by atoms with Crippen LogP contribution in [0, 0.1) is 11.3 Å². The van der Waals surface area contributed by atoms with Crippen LogP contribution in [0.2, 0.25) is 0 Å². The van der Waals surface area contributed by atoms with Crippen LogP contribution in [0.25, 0.3) is 0 Å². The van der Waals surface area contributed by atoms with E-state index in [1.165, 1.54) is 12.8 Å². The smallest absolute Gasteiger partial charge is 0.410 e. The summed E-state index contributed by atoms with van der Waals surface area (Å²) < 4.78 is 5.34. The van der Waals surface area contributed by atoms with Gasteiger partial charge in [-0.15, -0.1) is 0 Å². The van der Waals surface area contributed by atoms with Gasteiger partial charge < -0.3 is 15.0 Å². The molecule has 0 spiro atoms. The first-order valence-corrected chi connectivity index (χ1v) is 8.18. The number of carbonyl (C=O) groups excluding carboxylic acids is 1. The molecular formula is C17H34N2O2. The van der Waals surface area contributed by atoms with Crippen LogP contribution in [-0.2, 0) is 4.74 Å². The summed E-state index contributed by atoms with van der Waals surface area (Å²) in [5.41, 5.74) is 0.0405. The van der Waals surface area contributed by atoms with Crippen LogP contribution in [0.1, 0.15) is 60.8 Å². The molecule has 1 aliphatic rings. The predicted octanol–water partition coefficient (Wildman–Crippen LogP) is 3.66. The molecule has 0 heterocycles. The highest BCUT2D eigenvalue weighted by Crippen LogP contribution is 2.40. The van der Waals surface area contributed by atoms with Crippen LogP contribution in [0.5, 0.6) is 0 Å². The van der Waals surface area contributed by atoms with Gasteiger partial charge in [0, 0.05) is 19.6 Å². The number of nitrogens with one attached hydrogen (secondary N) is 1. The fourth-order valence-electron chi connectivity index (χ4n) is 3.20. The summed E-state index contributed by atoms with van der Waals surface area (Å²) in [6.45, 7) is 14.4. The fourth-order valence-corrected chi connectivity index (χ4v) is 3.20. The van der Waals surface area contributed by atoms with Gasteiger partial charge in [0.15, 0.2) is 0 Å². The second-order valence-corrected chi connectivity index (χ2v) is 8.37. The van der Waals surface area contributed by atoms with Crippen molar-refractivity contribution in [2.75, 3.05) is 20.1 Å². The lowest BCUT2D eigenvalue weighted by molar-refractivity contribution is 0.0297. The Kier molecular flexibility index (Phi) is 6.09. The molecule has 2 atom stereocenters. The zero-order valence-corrected chi connectivity index (χ0v) is 15.0. The van der Waals surface area contributed by atoms with Gasteiger partial charge in [-0.05, 0) is 57.9 Å². The average Bonchev–Trinajstić information content (AvgIpc) is 2.55. The molecule has 1 fully saturated rings. The normalized spacial score (nSPS) is 24.9. The van der Waals surface area contributed by atoms with Gasteiger partial charge in [0.2, 0.25) is 0 Å². The third-order valence-electron chi connectivity index (χ3n) is 4.12. The monoisotopic (exact) mass is 298 g/mol. The SMILES string of the molecule is CC1CC(C)(C)CC1NCCCN(C)C(=O)OC(C)(C)C. The summed E-state index contributed by atoms with van der Waals surface area (Å²) in [7, 11) is 1.80. The van der Waals surface area contributed by atoms with Crippen molar-refractivity contribution >= 4 is 6.09 Å². The Hall–Kier alpha value is -0.770. The molecule has 0 aromatic heterocycles. The van der Waals surface area contributed by atoms with E-state index in [1.807, 2.05) is 20.8 Å². The topological polar surface area (TPSA) is 41.6 Å². The van der Waals surface area contributed by atoms with Crippen molar-refractivity contribution in [3.05, 3.63) is 0 Å². The van der Waals surface area contributed by atoms with E-state index in [4.69, 9.17) is 4.74 Å². The second-order valence-electron chi connectivity index (χ2n) is 8.37. The minimum atomic E-state index is -0.422. The lowest BCUT2D eigenvalue weighted by atomic mass is 9.91. The number of rotatable bonds is 5. The average molecular weight is 298 g/mol. The molecule has 1 rings (SSSR count). The molecule has 1 N–H and O–H groups in total. The Bertz CT molecular complexity index is 347. The molecule has 0 aromatic rings. The molecule has 1 aliphatic carbocycles. The molecule has 124 valence electrons. The van der Waals surface area contributed by atoms with Crippen molar-refractivity contribution < 1.29 is 9.53 Å². The number of nitrogens with zero attached hydrogens (tertiary/aromatic N) is 1. The summed E-state index contributed by atoms with van der Waals surface area (Å²) in [4.78, 5) is 13.5. The van der Waals surface area contributed by atoms with Crippen molar-refractivity contribution in [3.8, 4) is 0 Å². The van der Waals surface area contributed by atoms with Gasteiger partial charge in [-0.25, -0.2) is 4.79 Å². The molecule has 1 amide bonds. The van der Waals surface area contributed by atoms with Gasteiger partial charge in [0.05, 0.1) is 0 Å². The number of hydrogen-bond donors (Lipinski definition) is 1. The summed E-state index contributed by atoms with van der Waals surface area (Å²) in [5, 5.41) is 3.65. The van der Waals surface area contributed by atoms with E-state index in [1.54, 1.807) is 11.9 Å². The number of hydrogen-bond acceptors (Lipinski definition) is 3. The Morgan fingerprint density at radius 2 is 1.95 bits per heavy atom. The first kappa shape index (κ1) is 18.3. The lowest BCUT2D eigenvalue weighted by Crippen LogP contribution is -2.37. The zero-order valence-electron chi connectivity index (χ0n) is 15.0. The molecule has 21 heavy (non-hydrogen) atoms. The maximum atomic E-state index is 11.8. The molecule has 4 nitrogen and oxygen atoms in total. The highest BCUT2D eigenvalue weighted by molar-refractivity contribution is 5.67. The summed E-state index contributed by atoms with van der Waals surface area (Å²) in [6.07, 6.45) is 3.26. The highest BCUT2D eigenvalue weighted by atomic mass is 16.6. The molecule has 0 aliphatic heterocycles. The number of ether oxygens (including phenoxy) is 1. The van der Waals surface area contributed by atoms with Crippen molar-refractivity contribution in [1.29, 1.82) is 0 Å². The quantitative estimate of drug-likeness (QED) is 0.788. The summed E-state index contributed by atoms with van der Waals surface area (Å²) >= 11 is 0. The maximum absolute atomic E-state index is 11.8. The zero-order chi connectivity index (χ0) is 16.3. The highest BCUT2D eigenvalue weighted by Gasteiger charge is 2.36. The van der Waals surface area contributed by atoms with Crippen LogP contribution < -0.4 is 5.32 Å². The first-order valence-electron chi connectivity index (χ1n) is 8.18. The van der Waals surface area contributed by atoms with Crippen LogP contribution in [0.15, 0.2) is 0 Å². The van der Waals surface area contributed by atoms with E-state index in [-0.39, 0.29) is 6.09 Å². The van der Waals surface area contributed by atoms with E-state index in [9.17, 15) is 4.79 Å². The molecular weight excluding hydrogens is 264 g/mol. The van der Waals surface area contributed by atoms with Gasteiger partial charge >= 0.3 is 6.09 Å². The summed E-state index contributed by atoms with van der Waals surface area (Å²) in [6, 6.07) is 0.617. The van der Waals surface area contributed by atoms with E-state index < -0.39 is 5.60 Å². The molecule has 0 aromatic carbocycles. The Morgan fingerprint density at radius 1 is 1.33 bits per heavy atom. The Morgan fingerprint density at radius 3 is 2.43 bits per heavy atom. The molecule has 4 heteroatoms. The van der Waals surface area contributed by atoms with Crippen molar-refractivity contribution in [3.63, 3.8) is 0 Å². The fraction of sp³-hybridized carbons (Fsp3) is 0.941. The summed E-state index contributed by atoms with van der Waals surface area (Å²) in [5.74, 6) is 0.739. The van der Waals surface area contributed by atoms with Crippen molar-refractivity contribution in [2.24, 2.45) is 11.3 Å². The minimum absolute atomic E-state index is 0.238. The molecule has 1 saturated carbocycles. The lowest BCUT2D eigenvalue weighted by Gasteiger charge is -2.25. The van der Waals surface area contributed by atoms with Crippen molar-refractivity contribution in [1.82, 2.24) is 10.2 Å². The van der Waals surface area contributed by atoms with Crippen LogP contribution >= 0.6 is 0 Å². The van der Waals surface area contributed by atoms with Crippen molar-refractivity contribution in [2.45, 2.75) is 72.4 Å². The number of amides is 1. The van der Waals surface area contributed by atoms with E-state index in [0.29, 0.717) is 11.5 Å². The predicted molar refractivity (Wildman–Crippen MR) is 87.5 cm³/mol.